The molecule has 1 fully saturated rings. The fourth-order valence-corrected chi connectivity index (χ4v) is 2.53. The average molecular weight is 287 g/mol. The highest BCUT2D eigenvalue weighted by molar-refractivity contribution is 4.66. The molecule has 4 nitrogen and oxygen atoms in total. The molecular weight excluding hydrogens is 254 g/mol. The topological polar surface area (TPSA) is 50.7 Å². The third kappa shape index (κ3) is 9.70. The average Bonchev–Trinajstić information content (AvgIpc) is 2.95. The van der Waals surface area contributed by atoms with Crippen molar-refractivity contribution in [3.63, 3.8) is 0 Å². The van der Waals surface area contributed by atoms with E-state index in [0.29, 0.717) is 19.3 Å². The number of aliphatic hydroxyl groups excluding tert-OH is 1. The Kier molecular flexibility index (Phi) is 11.2. The van der Waals surface area contributed by atoms with Crippen LogP contribution in [0.4, 0.5) is 0 Å². The molecule has 1 rings (SSSR count). The maximum absolute atomic E-state index is 9.73. The summed E-state index contributed by atoms with van der Waals surface area (Å²) in [7, 11) is 0. The van der Waals surface area contributed by atoms with Crippen LogP contribution in [-0.4, -0.2) is 37.1 Å². The number of hydrogen-bond donors (Lipinski definition) is 2. The van der Waals surface area contributed by atoms with Crippen molar-refractivity contribution in [2.75, 3.05) is 19.8 Å². The molecule has 4 heteroatoms. The molecular formula is C16H33NO3. The molecule has 0 amide bonds. The summed E-state index contributed by atoms with van der Waals surface area (Å²) in [4.78, 5) is 5.49. The van der Waals surface area contributed by atoms with Crippen molar-refractivity contribution in [1.29, 1.82) is 0 Å². The first-order valence-corrected chi connectivity index (χ1v) is 8.47. The van der Waals surface area contributed by atoms with E-state index in [1.807, 2.05) is 0 Å². The molecule has 20 heavy (non-hydrogen) atoms. The second-order valence-electron chi connectivity index (χ2n) is 5.87. The molecule has 1 atom stereocenters. The molecule has 1 saturated carbocycles. The van der Waals surface area contributed by atoms with Gasteiger partial charge in [0.15, 0.2) is 0 Å². The lowest BCUT2D eigenvalue weighted by Crippen LogP contribution is -2.33. The Morgan fingerprint density at radius 3 is 2.55 bits per heavy atom. The molecule has 1 aliphatic rings. The van der Waals surface area contributed by atoms with Gasteiger partial charge >= 0.3 is 0 Å². The van der Waals surface area contributed by atoms with Crippen molar-refractivity contribution in [3.05, 3.63) is 0 Å². The largest absolute Gasteiger partial charge is 0.389 e. The Morgan fingerprint density at radius 2 is 1.80 bits per heavy atom. The van der Waals surface area contributed by atoms with Gasteiger partial charge in [0.05, 0.1) is 18.8 Å². The van der Waals surface area contributed by atoms with E-state index in [2.05, 4.69) is 12.4 Å². The molecule has 1 aliphatic carbocycles. The van der Waals surface area contributed by atoms with Crippen molar-refractivity contribution < 1.29 is 14.7 Å². The second-order valence-corrected chi connectivity index (χ2v) is 5.87. The second kappa shape index (κ2) is 12.6. The van der Waals surface area contributed by atoms with Crippen molar-refractivity contribution in [2.45, 2.75) is 83.3 Å². The van der Waals surface area contributed by atoms with E-state index in [9.17, 15) is 5.11 Å². The highest BCUT2D eigenvalue weighted by Gasteiger charge is 2.15. The van der Waals surface area contributed by atoms with Gasteiger partial charge in [-0.05, 0) is 19.3 Å². The summed E-state index contributed by atoms with van der Waals surface area (Å²) in [5.74, 6) is 0. The third-order valence-electron chi connectivity index (χ3n) is 3.82. The van der Waals surface area contributed by atoms with E-state index in [-0.39, 0.29) is 0 Å². The van der Waals surface area contributed by atoms with Crippen LogP contribution >= 0.6 is 0 Å². The van der Waals surface area contributed by atoms with Crippen LogP contribution in [-0.2, 0) is 9.57 Å². The van der Waals surface area contributed by atoms with Gasteiger partial charge in [-0.3, -0.25) is 4.84 Å². The summed E-state index contributed by atoms with van der Waals surface area (Å²) in [5.41, 5.74) is 2.87. The zero-order valence-corrected chi connectivity index (χ0v) is 13.1. The van der Waals surface area contributed by atoms with E-state index in [1.54, 1.807) is 0 Å². The monoisotopic (exact) mass is 287 g/mol. The summed E-state index contributed by atoms with van der Waals surface area (Å²) in [6.07, 6.45) is 12.3. The van der Waals surface area contributed by atoms with Gasteiger partial charge in [0, 0.05) is 13.2 Å². The lowest BCUT2D eigenvalue weighted by Gasteiger charge is -2.15. The number of rotatable bonds is 13. The van der Waals surface area contributed by atoms with E-state index in [4.69, 9.17) is 9.57 Å². The number of hydrogen-bond acceptors (Lipinski definition) is 4. The Morgan fingerprint density at radius 1 is 1.10 bits per heavy atom. The first kappa shape index (κ1) is 17.9. The normalized spacial score (nSPS) is 17.7. The molecule has 0 radical (unpaired) electrons. The highest BCUT2D eigenvalue weighted by atomic mass is 16.7. The van der Waals surface area contributed by atoms with Gasteiger partial charge in [0.25, 0.3) is 0 Å². The Balaban J connectivity index is 1.79. The smallest absolute Gasteiger partial charge is 0.0920 e. The van der Waals surface area contributed by atoms with E-state index in [1.165, 1.54) is 44.9 Å². The molecule has 0 heterocycles. The molecule has 1 unspecified atom stereocenters. The van der Waals surface area contributed by atoms with Gasteiger partial charge < -0.3 is 9.84 Å². The molecule has 0 saturated heterocycles. The standard InChI is InChI=1S/C16H33NO3/c1-2-3-4-5-6-9-12-19-14-15(18)13-17-20-16-10-7-8-11-16/h15-18H,2-14H2,1H3. The maximum Gasteiger partial charge on any atom is 0.0920 e. The fourth-order valence-electron chi connectivity index (χ4n) is 2.53. The van der Waals surface area contributed by atoms with Crippen molar-refractivity contribution in [2.24, 2.45) is 0 Å². The van der Waals surface area contributed by atoms with E-state index >= 15 is 0 Å². The van der Waals surface area contributed by atoms with Crippen LogP contribution in [0.15, 0.2) is 0 Å². The summed E-state index contributed by atoms with van der Waals surface area (Å²) < 4.78 is 5.48. The summed E-state index contributed by atoms with van der Waals surface area (Å²) in [5, 5.41) is 9.73. The number of hydroxylamine groups is 1. The summed E-state index contributed by atoms with van der Waals surface area (Å²) >= 11 is 0. The van der Waals surface area contributed by atoms with Gasteiger partial charge in [-0.2, -0.15) is 5.48 Å². The number of unbranched alkanes of at least 4 members (excludes halogenated alkanes) is 5. The van der Waals surface area contributed by atoms with Gasteiger partial charge in [-0.15, -0.1) is 0 Å². The van der Waals surface area contributed by atoms with Gasteiger partial charge in [0.2, 0.25) is 0 Å². The van der Waals surface area contributed by atoms with Gasteiger partial charge in [-0.25, -0.2) is 0 Å². The Hall–Kier alpha value is -0.160. The molecule has 0 aromatic heterocycles. The zero-order chi connectivity index (χ0) is 14.5. The van der Waals surface area contributed by atoms with Crippen LogP contribution < -0.4 is 5.48 Å². The van der Waals surface area contributed by atoms with Crippen molar-refractivity contribution in [3.8, 4) is 0 Å². The molecule has 0 spiro atoms. The molecule has 0 bridgehead atoms. The Bertz CT molecular complexity index is 208. The maximum atomic E-state index is 9.73. The third-order valence-corrected chi connectivity index (χ3v) is 3.82. The van der Waals surface area contributed by atoms with Crippen LogP contribution in [0, 0.1) is 0 Å². The molecule has 0 aromatic rings. The van der Waals surface area contributed by atoms with Crippen LogP contribution in [0.3, 0.4) is 0 Å². The predicted molar refractivity (Wildman–Crippen MR) is 81.5 cm³/mol. The van der Waals surface area contributed by atoms with Crippen molar-refractivity contribution in [1.82, 2.24) is 5.48 Å². The number of aliphatic hydroxyl groups is 1. The minimum absolute atomic E-state index is 0.339. The van der Waals surface area contributed by atoms with Crippen LogP contribution in [0.5, 0.6) is 0 Å². The van der Waals surface area contributed by atoms with E-state index in [0.717, 1.165) is 25.9 Å². The minimum Gasteiger partial charge on any atom is -0.389 e. The molecule has 2 N–H and O–H groups in total. The predicted octanol–water partition coefficient (Wildman–Crippen LogP) is 3.19. The van der Waals surface area contributed by atoms with Crippen LogP contribution in [0.25, 0.3) is 0 Å². The zero-order valence-electron chi connectivity index (χ0n) is 13.1. The Labute approximate surface area is 124 Å². The van der Waals surface area contributed by atoms with Crippen LogP contribution in [0.1, 0.15) is 71.1 Å². The van der Waals surface area contributed by atoms with Crippen LogP contribution in [0.2, 0.25) is 0 Å². The summed E-state index contributed by atoms with van der Waals surface area (Å²) in [6, 6.07) is 0. The van der Waals surface area contributed by atoms with E-state index < -0.39 is 6.10 Å². The lowest BCUT2D eigenvalue weighted by molar-refractivity contribution is -0.0498. The quantitative estimate of drug-likeness (QED) is 0.403. The fraction of sp³-hybridized carbons (Fsp3) is 1.00. The minimum atomic E-state index is -0.475. The molecule has 0 aromatic carbocycles. The highest BCUT2D eigenvalue weighted by Crippen LogP contribution is 2.19. The number of ether oxygens (including phenoxy) is 1. The molecule has 0 aliphatic heterocycles. The van der Waals surface area contributed by atoms with Gasteiger partial charge in [-0.1, -0.05) is 51.9 Å². The first-order chi connectivity index (χ1) is 9.83. The van der Waals surface area contributed by atoms with Crippen molar-refractivity contribution >= 4 is 0 Å². The SMILES string of the molecule is CCCCCCCCOCC(O)CNOC1CCCC1. The molecule has 120 valence electrons. The van der Waals surface area contributed by atoms with Gasteiger partial charge in [0.1, 0.15) is 0 Å². The summed E-state index contributed by atoms with van der Waals surface area (Å²) in [6.45, 7) is 3.84. The number of nitrogens with one attached hydrogen (secondary N) is 1. The lowest BCUT2D eigenvalue weighted by atomic mass is 10.1. The first-order valence-electron chi connectivity index (χ1n) is 8.47.